The molecule has 1 aliphatic heterocycles. The number of aromatic nitrogens is 2. The molecule has 1 aliphatic carbocycles. The fourth-order valence-electron chi connectivity index (χ4n) is 3.67. The molecule has 2 fully saturated rings. The van der Waals surface area contributed by atoms with Crippen LogP contribution in [0.15, 0.2) is 42.7 Å². The first kappa shape index (κ1) is 17.1. The van der Waals surface area contributed by atoms with Crippen molar-refractivity contribution in [1.82, 2.24) is 9.97 Å². The Labute approximate surface area is 155 Å². The summed E-state index contributed by atoms with van der Waals surface area (Å²) in [5.74, 6) is 2.70. The Morgan fingerprint density at radius 1 is 1.08 bits per heavy atom. The molecule has 2 heterocycles. The highest BCUT2D eigenvalue weighted by atomic mass is 16.5. The minimum atomic E-state index is 0.620. The van der Waals surface area contributed by atoms with Crippen LogP contribution in [0.2, 0.25) is 0 Å². The highest BCUT2D eigenvalue weighted by Crippen LogP contribution is 2.32. The van der Waals surface area contributed by atoms with Crippen molar-refractivity contribution in [3.05, 3.63) is 42.7 Å². The summed E-state index contributed by atoms with van der Waals surface area (Å²) in [6.07, 6.45) is 5.33. The zero-order valence-corrected chi connectivity index (χ0v) is 15.1. The molecular weight excluding hydrogens is 326 g/mol. The molecule has 2 aliphatic rings. The number of rotatable bonds is 7. The predicted molar refractivity (Wildman–Crippen MR) is 105 cm³/mol. The van der Waals surface area contributed by atoms with Crippen molar-refractivity contribution in [3.63, 3.8) is 0 Å². The number of anilines is 3. The van der Waals surface area contributed by atoms with E-state index >= 15 is 0 Å². The average molecular weight is 353 g/mol. The van der Waals surface area contributed by atoms with Crippen LogP contribution in [0.1, 0.15) is 19.3 Å². The Hall–Kier alpha value is -2.34. The number of ether oxygens (including phenoxy) is 1. The SMILES string of the molecule is c1ccc(NC2CC(CCNc3cc(N4CCOCC4)ncn3)C2)cc1. The van der Waals surface area contributed by atoms with Crippen LogP contribution in [0.5, 0.6) is 0 Å². The molecule has 2 aromatic rings. The fourth-order valence-corrected chi connectivity index (χ4v) is 3.67. The summed E-state index contributed by atoms with van der Waals surface area (Å²) >= 11 is 0. The molecular formula is C20H27N5O. The second kappa shape index (κ2) is 8.36. The predicted octanol–water partition coefficient (Wildman–Crippen LogP) is 3.01. The lowest BCUT2D eigenvalue weighted by Gasteiger charge is -2.36. The van der Waals surface area contributed by atoms with E-state index in [0.29, 0.717) is 6.04 Å². The van der Waals surface area contributed by atoms with Gasteiger partial charge in [-0.2, -0.15) is 0 Å². The van der Waals surface area contributed by atoms with Gasteiger partial charge >= 0.3 is 0 Å². The Balaban J connectivity index is 1.18. The molecule has 6 nitrogen and oxygen atoms in total. The standard InChI is InChI=1S/C20H27N5O/c1-2-4-17(5-3-1)24-18-12-16(13-18)6-7-21-19-14-20(23-15-22-19)25-8-10-26-11-9-25/h1-5,14-16,18,24H,6-13H2,(H,21,22,23). The minimum absolute atomic E-state index is 0.620. The van der Waals surface area contributed by atoms with Crippen molar-refractivity contribution < 1.29 is 4.74 Å². The van der Waals surface area contributed by atoms with Crippen LogP contribution in [-0.4, -0.2) is 48.9 Å². The molecule has 0 bridgehead atoms. The van der Waals surface area contributed by atoms with Gasteiger partial charge in [-0.05, 0) is 37.3 Å². The number of morpholine rings is 1. The van der Waals surface area contributed by atoms with E-state index in [2.05, 4.69) is 55.8 Å². The van der Waals surface area contributed by atoms with E-state index in [0.717, 1.165) is 50.4 Å². The molecule has 1 aromatic carbocycles. The smallest absolute Gasteiger partial charge is 0.134 e. The molecule has 0 radical (unpaired) electrons. The number of nitrogens with one attached hydrogen (secondary N) is 2. The van der Waals surface area contributed by atoms with E-state index in [4.69, 9.17) is 4.74 Å². The fraction of sp³-hybridized carbons (Fsp3) is 0.500. The lowest BCUT2D eigenvalue weighted by molar-refractivity contribution is 0.122. The maximum absolute atomic E-state index is 5.40. The van der Waals surface area contributed by atoms with E-state index in [1.165, 1.54) is 24.9 Å². The van der Waals surface area contributed by atoms with E-state index < -0.39 is 0 Å². The molecule has 26 heavy (non-hydrogen) atoms. The first-order chi connectivity index (χ1) is 12.9. The van der Waals surface area contributed by atoms with Crippen molar-refractivity contribution in [1.29, 1.82) is 0 Å². The number of hydrogen-bond acceptors (Lipinski definition) is 6. The first-order valence-electron chi connectivity index (χ1n) is 9.57. The van der Waals surface area contributed by atoms with Crippen LogP contribution in [0.3, 0.4) is 0 Å². The van der Waals surface area contributed by atoms with Gasteiger partial charge in [-0.15, -0.1) is 0 Å². The Kier molecular flexibility index (Phi) is 5.50. The summed E-state index contributed by atoms with van der Waals surface area (Å²) < 4.78 is 5.40. The number of nitrogens with zero attached hydrogens (tertiary/aromatic N) is 3. The molecule has 0 atom stereocenters. The molecule has 4 rings (SSSR count). The van der Waals surface area contributed by atoms with Gasteiger partial charge in [-0.25, -0.2) is 9.97 Å². The van der Waals surface area contributed by atoms with Gasteiger partial charge in [0.05, 0.1) is 13.2 Å². The molecule has 1 saturated heterocycles. The maximum atomic E-state index is 5.40. The molecule has 1 saturated carbocycles. The summed E-state index contributed by atoms with van der Waals surface area (Å²) in [5.41, 5.74) is 1.23. The van der Waals surface area contributed by atoms with Crippen molar-refractivity contribution in [2.45, 2.75) is 25.3 Å². The van der Waals surface area contributed by atoms with Crippen molar-refractivity contribution in [3.8, 4) is 0 Å². The number of hydrogen-bond donors (Lipinski definition) is 2. The molecule has 138 valence electrons. The average Bonchev–Trinajstić information content (AvgIpc) is 2.68. The third-order valence-electron chi connectivity index (χ3n) is 5.23. The topological polar surface area (TPSA) is 62.3 Å². The van der Waals surface area contributed by atoms with Crippen LogP contribution in [0.4, 0.5) is 17.3 Å². The van der Waals surface area contributed by atoms with E-state index in [-0.39, 0.29) is 0 Å². The van der Waals surface area contributed by atoms with Gasteiger partial charge in [-0.3, -0.25) is 0 Å². The van der Waals surface area contributed by atoms with E-state index in [1.54, 1.807) is 6.33 Å². The summed E-state index contributed by atoms with van der Waals surface area (Å²) in [5, 5.41) is 7.06. The van der Waals surface area contributed by atoms with Gasteiger partial charge in [0.15, 0.2) is 0 Å². The Bertz CT molecular complexity index is 684. The van der Waals surface area contributed by atoms with Crippen molar-refractivity contribution >= 4 is 17.3 Å². The highest BCUT2D eigenvalue weighted by Gasteiger charge is 2.28. The summed E-state index contributed by atoms with van der Waals surface area (Å²) in [6.45, 7) is 4.30. The summed E-state index contributed by atoms with van der Waals surface area (Å²) in [6, 6.07) is 13.1. The van der Waals surface area contributed by atoms with Crippen LogP contribution >= 0.6 is 0 Å². The second-order valence-corrected chi connectivity index (χ2v) is 7.12. The van der Waals surface area contributed by atoms with Gasteiger partial charge in [-0.1, -0.05) is 18.2 Å². The van der Waals surface area contributed by atoms with Gasteiger partial charge < -0.3 is 20.3 Å². The minimum Gasteiger partial charge on any atom is -0.382 e. The normalized spacial score (nSPS) is 22.5. The van der Waals surface area contributed by atoms with Crippen LogP contribution in [0.25, 0.3) is 0 Å². The number of para-hydroxylation sites is 1. The summed E-state index contributed by atoms with van der Waals surface area (Å²) in [7, 11) is 0. The maximum Gasteiger partial charge on any atom is 0.134 e. The molecule has 0 amide bonds. The lowest BCUT2D eigenvalue weighted by Crippen LogP contribution is -2.37. The Morgan fingerprint density at radius 2 is 1.88 bits per heavy atom. The third-order valence-corrected chi connectivity index (χ3v) is 5.23. The lowest BCUT2D eigenvalue weighted by atomic mass is 9.78. The molecule has 1 aromatic heterocycles. The first-order valence-corrected chi connectivity index (χ1v) is 9.57. The van der Waals surface area contributed by atoms with Crippen molar-refractivity contribution in [2.24, 2.45) is 5.92 Å². The molecule has 0 unspecified atom stereocenters. The van der Waals surface area contributed by atoms with Crippen LogP contribution in [0, 0.1) is 5.92 Å². The quantitative estimate of drug-likeness (QED) is 0.798. The highest BCUT2D eigenvalue weighted by molar-refractivity contribution is 5.48. The van der Waals surface area contributed by atoms with Crippen LogP contribution in [-0.2, 0) is 4.74 Å². The van der Waals surface area contributed by atoms with Gasteiger partial charge in [0.1, 0.15) is 18.0 Å². The second-order valence-electron chi connectivity index (χ2n) is 7.12. The number of benzene rings is 1. The third kappa shape index (κ3) is 4.43. The van der Waals surface area contributed by atoms with Gasteiger partial charge in [0.25, 0.3) is 0 Å². The largest absolute Gasteiger partial charge is 0.382 e. The monoisotopic (exact) mass is 353 g/mol. The molecule has 6 heteroatoms. The summed E-state index contributed by atoms with van der Waals surface area (Å²) in [4.78, 5) is 11.0. The molecule has 0 spiro atoms. The Morgan fingerprint density at radius 3 is 2.69 bits per heavy atom. The zero-order chi connectivity index (χ0) is 17.6. The van der Waals surface area contributed by atoms with E-state index in [1.807, 2.05) is 6.07 Å². The van der Waals surface area contributed by atoms with Gasteiger partial charge in [0, 0.05) is 37.4 Å². The van der Waals surface area contributed by atoms with Gasteiger partial charge in [0.2, 0.25) is 0 Å². The zero-order valence-electron chi connectivity index (χ0n) is 15.1. The van der Waals surface area contributed by atoms with E-state index in [9.17, 15) is 0 Å². The molecule has 2 N–H and O–H groups in total. The van der Waals surface area contributed by atoms with Crippen molar-refractivity contribution in [2.75, 3.05) is 48.4 Å². The van der Waals surface area contributed by atoms with Crippen LogP contribution < -0.4 is 15.5 Å².